The summed E-state index contributed by atoms with van der Waals surface area (Å²) in [5.41, 5.74) is 4.25. The van der Waals surface area contributed by atoms with Crippen LogP contribution in [0.15, 0.2) is 48.5 Å². The first-order chi connectivity index (χ1) is 11.5. The lowest BCUT2D eigenvalue weighted by molar-refractivity contribution is -0.385. The molecule has 0 fully saturated rings. The minimum absolute atomic E-state index is 0.0462. The largest absolute Gasteiger partial charge is 0.477 e. The van der Waals surface area contributed by atoms with E-state index in [0.717, 1.165) is 0 Å². The molecule has 0 aromatic heterocycles. The van der Waals surface area contributed by atoms with Gasteiger partial charge in [0.2, 0.25) is 0 Å². The Morgan fingerprint density at radius 3 is 2.46 bits per heavy atom. The molecular weight excluding hydrogens is 338 g/mol. The van der Waals surface area contributed by atoms with Gasteiger partial charge in [-0.2, -0.15) is 0 Å². The van der Waals surface area contributed by atoms with Gasteiger partial charge in [0.1, 0.15) is 0 Å². The van der Waals surface area contributed by atoms with E-state index >= 15 is 0 Å². The van der Waals surface area contributed by atoms with Gasteiger partial charge in [0.25, 0.3) is 11.8 Å². The number of hydrogen-bond donors (Lipinski definition) is 2. The van der Waals surface area contributed by atoms with Crippen molar-refractivity contribution in [2.45, 2.75) is 0 Å². The van der Waals surface area contributed by atoms with Gasteiger partial charge in [-0.25, -0.2) is 0 Å². The second-order valence-electron chi connectivity index (χ2n) is 4.50. The van der Waals surface area contributed by atoms with Crippen LogP contribution in [0.2, 0.25) is 5.02 Å². The van der Waals surface area contributed by atoms with Gasteiger partial charge in [0, 0.05) is 6.07 Å². The van der Waals surface area contributed by atoms with E-state index in [1.807, 2.05) is 0 Å². The summed E-state index contributed by atoms with van der Waals surface area (Å²) < 4.78 is 5.09. The number of para-hydroxylation sites is 2. The van der Waals surface area contributed by atoms with Crippen LogP contribution in [0.3, 0.4) is 0 Å². The van der Waals surface area contributed by atoms with E-state index in [-0.39, 0.29) is 22.0 Å². The van der Waals surface area contributed by atoms with E-state index in [4.69, 9.17) is 16.3 Å². The highest BCUT2D eigenvalue weighted by molar-refractivity contribution is 6.33. The lowest BCUT2D eigenvalue weighted by Crippen LogP contribution is -2.43. The second-order valence-corrected chi connectivity index (χ2v) is 4.90. The first kappa shape index (κ1) is 17.2. The molecule has 0 radical (unpaired) electrons. The van der Waals surface area contributed by atoms with Gasteiger partial charge < -0.3 is 4.74 Å². The minimum Gasteiger partial charge on any atom is -0.477 e. The number of rotatable bonds is 5. The average Bonchev–Trinajstić information content (AvgIpc) is 2.58. The molecule has 0 aliphatic rings. The van der Waals surface area contributed by atoms with Crippen molar-refractivity contribution < 1.29 is 19.2 Å². The van der Waals surface area contributed by atoms with E-state index in [2.05, 4.69) is 10.9 Å². The van der Waals surface area contributed by atoms with Crippen molar-refractivity contribution in [2.75, 3.05) is 6.61 Å². The van der Waals surface area contributed by atoms with E-state index in [1.165, 1.54) is 30.3 Å². The highest BCUT2D eigenvalue weighted by Crippen LogP contribution is 2.25. The van der Waals surface area contributed by atoms with Gasteiger partial charge in [-0.1, -0.05) is 35.9 Å². The summed E-state index contributed by atoms with van der Waals surface area (Å²) in [4.78, 5) is 33.7. The molecule has 0 atom stereocenters. The Morgan fingerprint density at radius 2 is 1.75 bits per heavy atom. The Bertz CT molecular complexity index is 781. The maximum Gasteiger partial charge on any atom is 0.310 e. The maximum atomic E-state index is 11.8. The Kier molecular flexibility index (Phi) is 5.69. The van der Waals surface area contributed by atoms with Crippen LogP contribution in [0.5, 0.6) is 5.75 Å². The minimum atomic E-state index is -0.687. The smallest absolute Gasteiger partial charge is 0.310 e. The van der Waals surface area contributed by atoms with Crippen LogP contribution in [0.1, 0.15) is 10.4 Å². The SMILES string of the molecule is O=C(COc1ccccc1[N+](=O)[O-])NNC(=O)c1ccccc1Cl. The number of hydrazine groups is 1. The van der Waals surface area contributed by atoms with Crippen LogP contribution in [-0.2, 0) is 4.79 Å². The molecule has 0 bridgehead atoms. The molecule has 2 aromatic carbocycles. The van der Waals surface area contributed by atoms with Crippen molar-refractivity contribution in [3.63, 3.8) is 0 Å². The van der Waals surface area contributed by atoms with Gasteiger partial charge in [0.15, 0.2) is 12.4 Å². The molecule has 0 saturated heterocycles. The number of nitro benzene ring substituents is 1. The summed E-state index contributed by atoms with van der Waals surface area (Å²) in [5, 5.41) is 11.1. The predicted molar refractivity (Wildman–Crippen MR) is 85.7 cm³/mol. The third-order valence-corrected chi connectivity index (χ3v) is 3.18. The first-order valence-corrected chi connectivity index (χ1v) is 7.07. The van der Waals surface area contributed by atoms with Gasteiger partial charge in [-0.05, 0) is 18.2 Å². The number of benzene rings is 2. The number of nitrogens with one attached hydrogen (secondary N) is 2. The fourth-order valence-electron chi connectivity index (χ4n) is 1.75. The molecule has 2 amide bonds. The summed E-state index contributed by atoms with van der Waals surface area (Å²) in [5.74, 6) is -1.33. The normalized spacial score (nSPS) is 9.88. The lowest BCUT2D eigenvalue weighted by Gasteiger charge is -2.09. The van der Waals surface area contributed by atoms with Crippen LogP contribution in [-0.4, -0.2) is 23.3 Å². The Balaban J connectivity index is 1.87. The van der Waals surface area contributed by atoms with E-state index in [9.17, 15) is 19.7 Å². The molecule has 124 valence electrons. The number of hydrogen-bond acceptors (Lipinski definition) is 5. The molecule has 0 saturated carbocycles. The van der Waals surface area contributed by atoms with Crippen molar-refractivity contribution in [2.24, 2.45) is 0 Å². The van der Waals surface area contributed by atoms with E-state index < -0.39 is 23.3 Å². The fraction of sp³-hybridized carbons (Fsp3) is 0.0667. The summed E-state index contributed by atoms with van der Waals surface area (Å²) in [6.07, 6.45) is 0. The molecule has 2 aromatic rings. The van der Waals surface area contributed by atoms with E-state index in [1.54, 1.807) is 18.2 Å². The van der Waals surface area contributed by atoms with Gasteiger partial charge in [0.05, 0.1) is 15.5 Å². The van der Waals surface area contributed by atoms with Crippen LogP contribution in [0.4, 0.5) is 5.69 Å². The first-order valence-electron chi connectivity index (χ1n) is 6.69. The number of nitro groups is 1. The fourth-order valence-corrected chi connectivity index (χ4v) is 1.97. The number of nitrogens with zero attached hydrogens (tertiary/aromatic N) is 1. The molecule has 9 heteroatoms. The number of ether oxygens (including phenoxy) is 1. The Hall–Kier alpha value is -3.13. The van der Waals surface area contributed by atoms with Crippen LogP contribution in [0, 0.1) is 10.1 Å². The molecular formula is C15H12ClN3O5. The van der Waals surface area contributed by atoms with Crippen molar-refractivity contribution in [1.29, 1.82) is 0 Å². The molecule has 2 N–H and O–H groups in total. The average molecular weight is 350 g/mol. The zero-order valence-electron chi connectivity index (χ0n) is 12.2. The maximum absolute atomic E-state index is 11.8. The summed E-state index contributed by atoms with van der Waals surface area (Å²) in [7, 11) is 0. The summed E-state index contributed by atoms with van der Waals surface area (Å²) in [6.45, 7) is -0.506. The number of carbonyl (C=O) groups excluding carboxylic acids is 2. The molecule has 0 heterocycles. The zero-order chi connectivity index (χ0) is 17.5. The predicted octanol–water partition coefficient (Wildman–Crippen LogP) is 2.09. The Morgan fingerprint density at radius 1 is 1.08 bits per heavy atom. The topological polar surface area (TPSA) is 111 Å². The molecule has 0 aliphatic carbocycles. The summed E-state index contributed by atoms with van der Waals surface area (Å²) >= 11 is 5.86. The van der Waals surface area contributed by atoms with Gasteiger partial charge >= 0.3 is 5.69 Å². The van der Waals surface area contributed by atoms with Crippen LogP contribution in [0.25, 0.3) is 0 Å². The molecule has 0 unspecified atom stereocenters. The van der Waals surface area contributed by atoms with Gasteiger partial charge in [-0.15, -0.1) is 0 Å². The zero-order valence-corrected chi connectivity index (χ0v) is 12.9. The van der Waals surface area contributed by atoms with Crippen molar-refractivity contribution in [3.05, 3.63) is 69.2 Å². The Labute approximate surface area is 141 Å². The van der Waals surface area contributed by atoms with E-state index in [0.29, 0.717) is 0 Å². The highest BCUT2D eigenvalue weighted by atomic mass is 35.5. The number of amides is 2. The molecule has 0 spiro atoms. The quantitative estimate of drug-likeness (QED) is 0.634. The second kappa shape index (κ2) is 7.93. The number of carbonyl (C=O) groups is 2. The standard InChI is InChI=1S/C15H12ClN3O5/c16-11-6-2-1-5-10(11)15(21)18-17-14(20)9-24-13-8-4-3-7-12(13)19(22)23/h1-8H,9H2,(H,17,20)(H,18,21). The highest BCUT2D eigenvalue weighted by Gasteiger charge is 2.15. The van der Waals surface area contributed by atoms with Crippen LogP contribution < -0.4 is 15.6 Å². The molecule has 8 nitrogen and oxygen atoms in total. The molecule has 24 heavy (non-hydrogen) atoms. The summed E-state index contributed by atoms with van der Waals surface area (Å²) in [6, 6.07) is 12.0. The monoisotopic (exact) mass is 349 g/mol. The lowest BCUT2D eigenvalue weighted by atomic mass is 10.2. The molecule has 2 rings (SSSR count). The number of halogens is 1. The van der Waals surface area contributed by atoms with Crippen molar-refractivity contribution >= 4 is 29.1 Å². The van der Waals surface area contributed by atoms with Crippen LogP contribution >= 0.6 is 11.6 Å². The third-order valence-electron chi connectivity index (χ3n) is 2.85. The van der Waals surface area contributed by atoms with Crippen molar-refractivity contribution in [3.8, 4) is 5.75 Å². The molecule has 0 aliphatic heterocycles. The van der Waals surface area contributed by atoms with Crippen molar-refractivity contribution in [1.82, 2.24) is 10.9 Å². The van der Waals surface area contributed by atoms with Gasteiger partial charge in [-0.3, -0.25) is 30.6 Å². The third kappa shape index (κ3) is 4.43.